The maximum Gasteiger partial charge on any atom is 0.395 e. The Balaban J connectivity index is 3.13. The van der Waals surface area contributed by atoms with E-state index in [9.17, 15) is 22.8 Å². The third kappa shape index (κ3) is 4.48. The quantitative estimate of drug-likeness (QED) is 0.487. The van der Waals surface area contributed by atoms with Crippen LogP contribution >= 0.6 is 0 Å². The van der Waals surface area contributed by atoms with E-state index in [1.54, 1.807) is 13.8 Å². The van der Waals surface area contributed by atoms with Crippen LogP contribution in [-0.2, 0) is 14.3 Å². The second kappa shape index (κ2) is 7.15. The molecule has 0 aromatic heterocycles. The van der Waals surface area contributed by atoms with Crippen molar-refractivity contribution < 1.29 is 32.6 Å². The monoisotopic (exact) mass is 322 g/mol. The Morgan fingerprint density at radius 2 is 1.86 bits per heavy atom. The van der Waals surface area contributed by atoms with Crippen molar-refractivity contribution in [3.8, 4) is 0 Å². The SMILES string of the molecule is CC(C)C1(OC(=O)/C=C\C(=O)O)CCCCCC1C(F)(F)F. The lowest BCUT2D eigenvalue weighted by Crippen LogP contribution is -2.52. The van der Waals surface area contributed by atoms with Gasteiger partial charge in [-0.2, -0.15) is 13.2 Å². The normalized spacial score (nSPS) is 26.9. The van der Waals surface area contributed by atoms with Crippen LogP contribution in [0.3, 0.4) is 0 Å². The van der Waals surface area contributed by atoms with E-state index in [1.165, 1.54) is 0 Å². The molecule has 1 fully saturated rings. The van der Waals surface area contributed by atoms with Gasteiger partial charge in [0.15, 0.2) is 0 Å². The third-order valence-electron chi connectivity index (χ3n) is 4.18. The van der Waals surface area contributed by atoms with Crippen LogP contribution in [0.1, 0.15) is 46.0 Å². The summed E-state index contributed by atoms with van der Waals surface area (Å²) in [5, 5.41) is 8.49. The summed E-state index contributed by atoms with van der Waals surface area (Å²) in [5.74, 6) is -4.67. The topological polar surface area (TPSA) is 63.6 Å². The standard InChI is InChI=1S/C15H21F3O4/c1-10(2)14(22-13(21)8-7-12(19)20)9-5-3-4-6-11(14)15(16,17)18/h7-8,10-11H,3-6,9H2,1-2H3,(H,19,20)/b8-7-. The zero-order chi connectivity index (χ0) is 17.0. The molecule has 2 atom stereocenters. The minimum Gasteiger partial charge on any atom is -0.478 e. The molecule has 0 bridgehead atoms. The summed E-state index contributed by atoms with van der Waals surface area (Å²) >= 11 is 0. The number of aliphatic carboxylic acids is 1. The molecule has 0 heterocycles. The summed E-state index contributed by atoms with van der Waals surface area (Å²) in [6.45, 7) is 3.19. The molecule has 0 aliphatic heterocycles. The van der Waals surface area contributed by atoms with Crippen molar-refractivity contribution in [1.29, 1.82) is 0 Å². The summed E-state index contributed by atoms with van der Waals surface area (Å²) < 4.78 is 45.5. The lowest BCUT2D eigenvalue weighted by molar-refractivity contribution is -0.246. The average molecular weight is 322 g/mol. The Morgan fingerprint density at radius 3 is 2.36 bits per heavy atom. The summed E-state index contributed by atoms with van der Waals surface area (Å²) in [4.78, 5) is 22.2. The maximum absolute atomic E-state index is 13.4. The summed E-state index contributed by atoms with van der Waals surface area (Å²) in [6, 6.07) is 0. The number of hydrogen-bond acceptors (Lipinski definition) is 3. The lowest BCUT2D eigenvalue weighted by Gasteiger charge is -2.43. The van der Waals surface area contributed by atoms with Crippen LogP contribution in [0.15, 0.2) is 12.2 Å². The maximum atomic E-state index is 13.4. The molecule has 1 N–H and O–H groups in total. The minimum atomic E-state index is -4.47. The largest absolute Gasteiger partial charge is 0.478 e. The van der Waals surface area contributed by atoms with Gasteiger partial charge in [-0.1, -0.05) is 26.7 Å². The lowest BCUT2D eigenvalue weighted by atomic mass is 9.74. The second-order valence-corrected chi connectivity index (χ2v) is 5.90. The van der Waals surface area contributed by atoms with E-state index >= 15 is 0 Å². The van der Waals surface area contributed by atoms with Gasteiger partial charge in [0.1, 0.15) is 5.60 Å². The fourth-order valence-corrected chi connectivity index (χ4v) is 3.08. The van der Waals surface area contributed by atoms with Gasteiger partial charge in [0.05, 0.1) is 5.92 Å². The predicted octanol–water partition coefficient (Wildman–Crippen LogP) is 3.71. The summed E-state index contributed by atoms with van der Waals surface area (Å²) in [5.41, 5.74) is -1.64. The van der Waals surface area contributed by atoms with Gasteiger partial charge in [0.25, 0.3) is 0 Å². The first-order valence-corrected chi connectivity index (χ1v) is 7.30. The van der Waals surface area contributed by atoms with Crippen LogP contribution in [0.2, 0.25) is 0 Å². The van der Waals surface area contributed by atoms with Crippen molar-refractivity contribution in [2.75, 3.05) is 0 Å². The molecule has 22 heavy (non-hydrogen) atoms. The highest BCUT2D eigenvalue weighted by Crippen LogP contribution is 2.48. The van der Waals surface area contributed by atoms with E-state index in [1.807, 2.05) is 0 Å². The highest BCUT2D eigenvalue weighted by Gasteiger charge is 2.57. The highest BCUT2D eigenvalue weighted by atomic mass is 19.4. The molecule has 1 aliphatic carbocycles. The summed E-state index contributed by atoms with van der Waals surface area (Å²) in [7, 11) is 0. The van der Waals surface area contributed by atoms with E-state index < -0.39 is 35.6 Å². The van der Waals surface area contributed by atoms with E-state index in [0.717, 1.165) is 0 Å². The van der Waals surface area contributed by atoms with Gasteiger partial charge in [0.2, 0.25) is 0 Å². The van der Waals surface area contributed by atoms with Crippen LogP contribution in [0.4, 0.5) is 13.2 Å². The van der Waals surface area contributed by atoms with Crippen molar-refractivity contribution in [3.05, 3.63) is 12.2 Å². The van der Waals surface area contributed by atoms with Crippen LogP contribution in [-0.4, -0.2) is 28.8 Å². The van der Waals surface area contributed by atoms with Crippen molar-refractivity contribution >= 4 is 11.9 Å². The molecule has 7 heteroatoms. The number of esters is 1. The second-order valence-electron chi connectivity index (χ2n) is 5.90. The predicted molar refractivity (Wildman–Crippen MR) is 73.1 cm³/mol. The van der Waals surface area contributed by atoms with Crippen LogP contribution in [0, 0.1) is 11.8 Å². The Hall–Kier alpha value is -1.53. The Kier molecular flexibility index (Phi) is 6.02. The number of carbonyl (C=O) groups excluding carboxylic acids is 1. The zero-order valence-electron chi connectivity index (χ0n) is 12.7. The molecule has 0 radical (unpaired) electrons. The number of carbonyl (C=O) groups is 2. The molecular weight excluding hydrogens is 301 g/mol. The smallest absolute Gasteiger partial charge is 0.395 e. The minimum absolute atomic E-state index is 0.0857. The Labute approximate surface area is 127 Å². The van der Waals surface area contributed by atoms with Gasteiger partial charge < -0.3 is 9.84 Å². The molecule has 1 rings (SSSR count). The molecule has 1 saturated carbocycles. The first-order chi connectivity index (χ1) is 10.1. The Morgan fingerprint density at radius 1 is 1.23 bits per heavy atom. The third-order valence-corrected chi connectivity index (χ3v) is 4.18. The molecular formula is C15H21F3O4. The molecule has 4 nitrogen and oxygen atoms in total. The van der Waals surface area contributed by atoms with Crippen molar-refractivity contribution in [1.82, 2.24) is 0 Å². The van der Waals surface area contributed by atoms with E-state index in [-0.39, 0.29) is 12.8 Å². The van der Waals surface area contributed by atoms with Crippen LogP contribution in [0.5, 0.6) is 0 Å². The molecule has 126 valence electrons. The van der Waals surface area contributed by atoms with Gasteiger partial charge in [0, 0.05) is 12.2 Å². The van der Waals surface area contributed by atoms with E-state index in [0.29, 0.717) is 31.4 Å². The fourth-order valence-electron chi connectivity index (χ4n) is 3.08. The first kappa shape index (κ1) is 18.5. The fraction of sp³-hybridized carbons (Fsp3) is 0.733. The number of rotatable bonds is 4. The molecule has 2 unspecified atom stereocenters. The molecule has 0 saturated heterocycles. The molecule has 0 spiro atoms. The molecule has 0 aromatic carbocycles. The number of hydrogen-bond donors (Lipinski definition) is 1. The van der Waals surface area contributed by atoms with Crippen molar-refractivity contribution in [3.63, 3.8) is 0 Å². The number of halogens is 3. The Bertz CT molecular complexity index is 443. The van der Waals surface area contributed by atoms with Gasteiger partial charge in [-0.15, -0.1) is 0 Å². The first-order valence-electron chi connectivity index (χ1n) is 7.30. The van der Waals surface area contributed by atoms with Gasteiger partial charge >= 0.3 is 18.1 Å². The molecule has 1 aliphatic rings. The van der Waals surface area contributed by atoms with Crippen molar-refractivity contribution in [2.24, 2.45) is 11.8 Å². The number of alkyl halides is 3. The number of carboxylic acid groups (broad SMARTS) is 1. The zero-order valence-corrected chi connectivity index (χ0v) is 12.7. The van der Waals surface area contributed by atoms with E-state index in [2.05, 4.69) is 0 Å². The van der Waals surface area contributed by atoms with Gasteiger partial charge in [-0.05, 0) is 25.2 Å². The highest BCUT2D eigenvalue weighted by molar-refractivity contribution is 5.90. The van der Waals surface area contributed by atoms with E-state index in [4.69, 9.17) is 9.84 Å². The molecule has 0 aromatic rings. The molecule has 0 amide bonds. The van der Waals surface area contributed by atoms with Gasteiger partial charge in [-0.25, -0.2) is 9.59 Å². The van der Waals surface area contributed by atoms with Crippen LogP contribution < -0.4 is 0 Å². The van der Waals surface area contributed by atoms with Gasteiger partial charge in [-0.3, -0.25) is 0 Å². The number of ether oxygens (including phenoxy) is 1. The van der Waals surface area contributed by atoms with Crippen molar-refractivity contribution in [2.45, 2.75) is 57.7 Å². The summed E-state index contributed by atoms with van der Waals surface area (Å²) in [6.07, 6.45) is -1.57. The number of carboxylic acids is 1. The average Bonchev–Trinajstić information content (AvgIpc) is 2.59. The van der Waals surface area contributed by atoms with Crippen LogP contribution in [0.25, 0.3) is 0 Å².